The van der Waals surface area contributed by atoms with Crippen LogP contribution in [0.4, 0.5) is 5.82 Å². The number of hydrogen-bond donors (Lipinski definition) is 1. The molecular weight excluding hydrogens is 422 g/mol. The summed E-state index contributed by atoms with van der Waals surface area (Å²) in [6.07, 6.45) is 1.68. The Labute approximate surface area is 202 Å². The Morgan fingerprint density at radius 3 is 1.94 bits per heavy atom. The molecule has 2 aromatic heterocycles. The lowest BCUT2D eigenvalue weighted by Crippen LogP contribution is -2.08. The second-order valence-corrected chi connectivity index (χ2v) is 10.9. The van der Waals surface area contributed by atoms with E-state index in [1.165, 1.54) is 32.7 Å². The maximum atomic E-state index is 4.63. The van der Waals surface area contributed by atoms with Gasteiger partial charge in [-0.25, -0.2) is 9.97 Å². The van der Waals surface area contributed by atoms with E-state index >= 15 is 0 Å². The first kappa shape index (κ1) is 23.4. The molecule has 0 bridgehead atoms. The Morgan fingerprint density at radius 2 is 1.36 bits per heavy atom. The third kappa shape index (κ3) is 4.81. The normalized spacial score (nSPS) is 12.8. The van der Waals surface area contributed by atoms with E-state index in [0.717, 1.165) is 16.0 Å². The number of rotatable bonds is 7. The van der Waals surface area contributed by atoms with Crippen LogP contribution in [0.25, 0.3) is 20.7 Å². The molecule has 0 amide bonds. The zero-order valence-electron chi connectivity index (χ0n) is 20.8. The summed E-state index contributed by atoms with van der Waals surface area (Å²) in [5.41, 5.74) is 6.90. The van der Waals surface area contributed by atoms with E-state index < -0.39 is 0 Å². The van der Waals surface area contributed by atoms with Crippen molar-refractivity contribution in [1.82, 2.24) is 9.97 Å². The van der Waals surface area contributed by atoms with Gasteiger partial charge in [-0.15, -0.1) is 11.3 Å². The van der Waals surface area contributed by atoms with E-state index in [2.05, 4.69) is 106 Å². The van der Waals surface area contributed by atoms with Gasteiger partial charge in [0.25, 0.3) is 0 Å². The summed E-state index contributed by atoms with van der Waals surface area (Å²) < 4.78 is 0. The Morgan fingerprint density at radius 1 is 0.727 bits per heavy atom. The lowest BCUT2D eigenvalue weighted by atomic mass is 9.84. The molecule has 0 unspecified atom stereocenters. The number of thiophene rings is 1. The number of anilines is 1. The lowest BCUT2D eigenvalue weighted by Gasteiger charge is -2.22. The predicted molar refractivity (Wildman–Crippen MR) is 144 cm³/mol. The van der Waals surface area contributed by atoms with Crippen molar-refractivity contribution < 1.29 is 0 Å². The fraction of sp³-hybridized carbons (Fsp3) is 0.379. The standard InChI is InChI=1S/C29H35N3S/c1-17(2)22-13-23(18(3)4)27(24(14-22)19(5)6)26-15-25-28(30-16-31-29(25)33-26)32-20(7)21-11-9-8-10-12-21/h8-20H,1-7H3,(H,30,31,32)/t20-/m1/s1. The van der Waals surface area contributed by atoms with Gasteiger partial charge in [-0.2, -0.15) is 0 Å². The quantitative estimate of drug-likeness (QED) is 0.301. The van der Waals surface area contributed by atoms with Crippen molar-refractivity contribution in [3.63, 3.8) is 0 Å². The summed E-state index contributed by atoms with van der Waals surface area (Å²) >= 11 is 1.77. The van der Waals surface area contributed by atoms with Gasteiger partial charge in [-0.1, -0.05) is 84.0 Å². The molecule has 0 saturated carbocycles. The molecular formula is C29H35N3S. The van der Waals surface area contributed by atoms with Crippen molar-refractivity contribution in [2.24, 2.45) is 0 Å². The number of nitrogens with zero attached hydrogens (tertiary/aromatic N) is 2. The zero-order valence-corrected chi connectivity index (χ0v) is 21.6. The van der Waals surface area contributed by atoms with Crippen LogP contribution in [0.5, 0.6) is 0 Å². The summed E-state index contributed by atoms with van der Waals surface area (Å²) in [6.45, 7) is 15.9. The van der Waals surface area contributed by atoms with Crippen molar-refractivity contribution in [3.05, 3.63) is 77.1 Å². The molecule has 0 saturated heterocycles. The topological polar surface area (TPSA) is 37.8 Å². The minimum atomic E-state index is 0.162. The summed E-state index contributed by atoms with van der Waals surface area (Å²) in [5, 5.41) is 4.72. The molecule has 1 N–H and O–H groups in total. The van der Waals surface area contributed by atoms with Gasteiger partial charge in [0.1, 0.15) is 17.0 Å². The molecule has 0 fully saturated rings. The molecule has 4 heteroatoms. The van der Waals surface area contributed by atoms with Crippen molar-refractivity contribution in [2.45, 2.75) is 72.3 Å². The van der Waals surface area contributed by atoms with E-state index in [4.69, 9.17) is 0 Å². The van der Waals surface area contributed by atoms with Gasteiger partial charge in [-0.05, 0) is 58.6 Å². The first-order valence-corrected chi connectivity index (χ1v) is 12.8. The summed E-state index contributed by atoms with van der Waals surface area (Å²) in [7, 11) is 0. The molecule has 4 rings (SSSR count). The fourth-order valence-electron chi connectivity index (χ4n) is 4.36. The molecule has 0 aliphatic rings. The van der Waals surface area contributed by atoms with Crippen LogP contribution in [0.1, 0.15) is 94.5 Å². The number of fused-ring (bicyclic) bond motifs is 1. The molecule has 33 heavy (non-hydrogen) atoms. The number of aromatic nitrogens is 2. The second kappa shape index (κ2) is 9.64. The van der Waals surface area contributed by atoms with E-state index in [1.807, 2.05) is 6.07 Å². The first-order chi connectivity index (χ1) is 15.8. The molecule has 172 valence electrons. The average molecular weight is 458 g/mol. The fourth-order valence-corrected chi connectivity index (χ4v) is 5.45. The highest BCUT2D eigenvalue weighted by Crippen LogP contribution is 2.44. The smallest absolute Gasteiger partial charge is 0.138 e. The maximum absolute atomic E-state index is 4.63. The van der Waals surface area contributed by atoms with E-state index in [-0.39, 0.29) is 6.04 Å². The summed E-state index contributed by atoms with van der Waals surface area (Å²) in [5.74, 6) is 2.30. The highest BCUT2D eigenvalue weighted by molar-refractivity contribution is 7.22. The Balaban J connectivity index is 1.84. The van der Waals surface area contributed by atoms with Gasteiger partial charge in [0.05, 0.1) is 5.39 Å². The molecule has 0 aliphatic heterocycles. The van der Waals surface area contributed by atoms with Crippen LogP contribution in [-0.2, 0) is 0 Å². The molecule has 1 atom stereocenters. The number of nitrogens with one attached hydrogen (secondary N) is 1. The van der Waals surface area contributed by atoms with Crippen molar-refractivity contribution in [1.29, 1.82) is 0 Å². The molecule has 0 radical (unpaired) electrons. The minimum Gasteiger partial charge on any atom is -0.363 e. The summed E-state index contributed by atoms with van der Waals surface area (Å²) in [6, 6.07) is 17.8. The monoisotopic (exact) mass is 457 g/mol. The van der Waals surface area contributed by atoms with Crippen molar-refractivity contribution >= 4 is 27.4 Å². The van der Waals surface area contributed by atoms with Gasteiger partial charge in [0.2, 0.25) is 0 Å². The van der Waals surface area contributed by atoms with Crippen LogP contribution >= 0.6 is 11.3 Å². The van der Waals surface area contributed by atoms with Crippen LogP contribution < -0.4 is 5.32 Å². The van der Waals surface area contributed by atoms with Crippen molar-refractivity contribution in [3.8, 4) is 10.4 Å². The number of hydrogen-bond acceptors (Lipinski definition) is 4. The summed E-state index contributed by atoms with van der Waals surface area (Å²) in [4.78, 5) is 11.6. The highest BCUT2D eigenvalue weighted by atomic mass is 32.1. The maximum Gasteiger partial charge on any atom is 0.138 e. The third-order valence-electron chi connectivity index (χ3n) is 6.36. The van der Waals surface area contributed by atoms with Crippen LogP contribution in [0.15, 0.2) is 54.9 Å². The van der Waals surface area contributed by atoms with Gasteiger partial charge in [0, 0.05) is 10.9 Å². The predicted octanol–water partition coefficient (Wildman–Crippen LogP) is 8.90. The number of benzene rings is 2. The van der Waals surface area contributed by atoms with E-state index in [9.17, 15) is 0 Å². The van der Waals surface area contributed by atoms with Crippen LogP contribution in [0.3, 0.4) is 0 Å². The molecule has 4 aromatic rings. The van der Waals surface area contributed by atoms with E-state index in [1.54, 1.807) is 17.7 Å². The van der Waals surface area contributed by atoms with Crippen molar-refractivity contribution in [2.75, 3.05) is 5.32 Å². The molecule has 0 aliphatic carbocycles. The lowest BCUT2D eigenvalue weighted by molar-refractivity contribution is 0.808. The van der Waals surface area contributed by atoms with Gasteiger partial charge in [-0.3, -0.25) is 0 Å². The van der Waals surface area contributed by atoms with E-state index in [0.29, 0.717) is 17.8 Å². The molecule has 0 spiro atoms. The SMILES string of the molecule is CC(C)c1cc(C(C)C)c(-c2cc3c(N[C@H](C)c4ccccc4)ncnc3s2)c(C(C)C)c1. The van der Waals surface area contributed by atoms with Crippen LogP contribution in [-0.4, -0.2) is 9.97 Å². The van der Waals surface area contributed by atoms with Crippen LogP contribution in [0.2, 0.25) is 0 Å². The first-order valence-electron chi connectivity index (χ1n) is 12.0. The third-order valence-corrected chi connectivity index (χ3v) is 7.42. The second-order valence-electron chi connectivity index (χ2n) is 9.87. The van der Waals surface area contributed by atoms with Gasteiger partial charge >= 0.3 is 0 Å². The average Bonchev–Trinajstić information content (AvgIpc) is 3.23. The van der Waals surface area contributed by atoms with Crippen LogP contribution in [0, 0.1) is 0 Å². The molecule has 2 aromatic carbocycles. The zero-order chi connectivity index (χ0) is 23.7. The highest BCUT2D eigenvalue weighted by Gasteiger charge is 2.21. The van der Waals surface area contributed by atoms with Gasteiger partial charge in [0.15, 0.2) is 0 Å². The molecule has 2 heterocycles. The Kier molecular flexibility index (Phi) is 6.85. The Hall–Kier alpha value is -2.72. The molecule has 3 nitrogen and oxygen atoms in total. The largest absolute Gasteiger partial charge is 0.363 e. The minimum absolute atomic E-state index is 0.162. The van der Waals surface area contributed by atoms with Gasteiger partial charge < -0.3 is 5.32 Å². The Bertz CT molecular complexity index is 1210.